The lowest BCUT2D eigenvalue weighted by atomic mass is 10.2. The molecule has 2 rings (SSSR count). The van der Waals surface area contributed by atoms with Crippen LogP contribution >= 0.6 is 11.3 Å². The second kappa shape index (κ2) is 5.30. The van der Waals surface area contributed by atoms with Crippen LogP contribution in [-0.4, -0.2) is 21.1 Å². The van der Waals surface area contributed by atoms with E-state index in [9.17, 15) is 4.79 Å². The van der Waals surface area contributed by atoms with Crippen LogP contribution in [0.2, 0.25) is 0 Å². The molecule has 1 unspecified atom stereocenters. The number of rotatable bonds is 4. The van der Waals surface area contributed by atoms with Crippen molar-refractivity contribution in [2.75, 3.05) is 0 Å². The number of aryl methyl sites for hydroxylation is 2. The van der Waals surface area contributed by atoms with Crippen LogP contribution in [0.5, 0.6) is 0 Å². The van der Waals surface area contributed by atoms with Crippen molar-refractivity contribution in [1.82, 2.24) is 20.5 Å². The maximum Gasteiger partial charge on any atom is 0.291 e. The van der Waals surface area contributed by atoms with Crippen molar-refractivity contribution in [3.8, 4) is 0 Å². The maximum atomic E-state index is 11.9. The number of amides is 1. The largest absolute Gasteiger partial charge is 0.342 e. The van der Waals surface area contributed by atoms with Crippen LogP contribution in [0.3, 0.4) is 0 Å². The Labute approximate surface area is 110 Å². The summed E-state index contributed by atoms with van der Waals surface area (Å²) in [5.74, 6) is 0.677. The van der Waals surface area contributed by atoms with E-state index in [4.69, 9.17) is 0 Å². The molecule has 0 aliphatic heterocycles. The highest BCUT2D eigenvalue weighted by molar-refractivity contribution is 7.12. The lowest BCUT2D eigenvalue weighted by Gasteiger charge is -2.10. The molecule has 0 saturated carbocycles. The minimum Gasteiger partial charge on any atom is -0.342 e. The summed E-state index contributed by atoms with van der Waals surface area (Å²) >= 11 is 1.68. The fourth-order valence-corrected chi connectivity index (χ4v) is 2.45. The second-order valence-electron chi connectivity index (χ2n) is 4.10. The Morgan fingerprint density at radius 2 is 2.33 bits per heavy atom. The highest BCUT2D eigenvalue weighted by atomic mass is 32.1. The monoisotopic (exact) mass is 264 g/mol. The van der Waals surface area contributed by atoms with Crippen LogP contribution in [0.25, 0.3) is 0 Å². The fourth-order valence-electron chi connectivity index (χ4n) is 1.57. The molecule has 96 valence electrons. The summed E-state index contributed by atoms with van der Waals surface area (Å²) in [6.45, 7) is 5.96. The molecule has 0 fully saturated rings. The predicted octanol–water partition coefficient (Wildman–Crippen LogP) is 2.23. The number of hydrogen-bond acceptors (Lipinski definition) is 4. The summed E-state index contributed by atoms with van der Waals surface area (Å²) in [5.41, 5.74) is 0. The standard InChI is InChI=1S/C12H16N4OS/c1-4-10-14-11(16-15-10)12(17)13-8(3)9-6-5-7(2)18-9/h5-6,8H,4H2,1-3H3,(H,13,17)(H,14,15,16). The molecule has 0 aliphatic rings. The van der Waals surface area contributed by atoms with E-state index in [1.54, 1.807) is 11.3 Å². The Morgan fingerprint density at radius 1 is 1.56 bits per heavy atom. The molecular weight excluding hydrogens is 248 g/mol. The van der Waals surface area contributed by atoms with E-state index in [2.05, 4.69) is 20.5 Å². The Balaban J connectivity index is 2.02. The van der Waals surface area contributed by atoms with E-state index in [0.717, 1.165) is 17.1 Å². The van der Waals surface area contributed by atoms with Crippen LogP contribution in [0.1, 0.15) is 46.1 Å². The normalized spacial score (nSPS) is 12.4. The smallest absolute Gasteiger partial charge is 0.291 e. The van der Waals surface area contributed by atoms with Crippen LogP contribution < -0.4 is 5.32 Å². The highest BCUT2D eigenvalue weighted by Gasteiger charge is 2.16. The topological polar surface area (TPSA) is 70.7 Å². The summed E-state index contributed by atoms with van der Waals surface area (Å²) < 4.78 is 0. The molecule has 2 N–H and O–H groups in total. The zero-order valence-electron chi connectivity index (χ0n) is 10.7. The number of H-pyrrole nitrogens is 1. The summed E-state index contributed by atoms with van der Waals surface area (Å²) in [6.07, 6.45) is 0.736. The van der Waals surface area contributed by atoms with Crippen molar-refractivity contribution in [1.29, 1.82) is 0 Å². The first kappa shape index (κ1) is 12.8. The summed E-state index contributed by atoms with van der Waals surface area (Å²) in [6, 6.07) is 4.05. The van der Waals surface area contributed by atoms with Gasteiger partial charge in [0.05, 0.1) is 6.04 Å². The van der Waals surface area contributed by atoms with Gasteiger partial charge in [-0.3, -0.25) is 9.89 Å². The third-order valence-corrected chi connectivity index (χ3v) is 3.79. The first-order chi connectivity index (χ1) is 8.60. The van der Waals surface area contributed by atoms with Gasteiger partial charge < -0.3 is 5.32 Å². The van der Waals surface area contributed by atoms with Gasteiger partial charge in [-0.05, 0) is 26.0 Å². The van der Waals surface area contributed by atoms with Crippen molar-refractivity contribution in [3.63, 3.8) is 0 Å². The number of nitrogens with one attached hydrogen (secondary N) is 2. The van der Waals surface area contributed by atoms with Gasteiger partial charge in [-0.15, -0.1) is 16.4 Å². The molecule has 2 heterocycles. The molecule has 5 nitrogen and oxygen atoms in total. The average Bonchev–Trinajstić information content (AvgIpc) is 2.97. The predicted molar refractivity (Wildman–Crippen MR) is 70.7 cm³/mol. The van der Waals surface area contributed by atoms with Crippen LogP contribution in [-0.2, 0) is 6.42 Å². The number of carbonyl (C=O) groups excluding carboxylic acids is 1. The van der Waals surface area contributed by atoms with E-state index < -0.39 is 0 Å². The fraction of sp³-hybridized carbons (Fsp3) is 0.417. The van der Waals surface area contributed by atoms with Crippen molar-refractivity contribution >= 4 is 17.2 Å². The van der Waals surface area contributed by atoms with E-state index in [1.165, 1.54) is 4.88 Å². The van der Waals surface area contributed by atoms with Gasteiger partial charge in [-0.25, -0.2) is 4.98 Å². The number of carbonyl (C=O) groups is 1. The number of hydrogen-bond donors (Lipinski definition) is 2. The van der Waals surface area contributed by atoms with Gasteiger partial charge in [0.25, 0.3) is 5.91 Å². The molecule has 18 heavy (non-hydrogen) atoms. The van der Waals surface area contributed by atoms with Gasteiger partial charge in [0, 0.05) is 16.2 Å². The zero-order valence-corrected chi connectivity index (χ0v) is 11.5. The lowest BCUT2D eigenvalue weighted by molar-refractivity contribution is 0.0930. The van der Waals surface area contributed by atoms with Gasteiger partial charge in [0.1, 0.15) is 5.82 Å². The number of aromatic amines is 1. The third kappa shape index (κ3) is 2.76. The summed E-state index contributed by atoms with van der Waals surface area (Å²) in [5, 5.41) is 9.52. The van der Waals surface area contributed by atoms with Crippen LogP contribution in [0, 0.1) is 6.92 Å². The number of thiophene rings is 1. The Bertz CT molecular complexity index is 546. The van der Waals surface area contributed by atoms with Crippen molar-refractivity contribution in [2.45, 2.75) is 33.2 Å². The molecule has 0 aromatic carbocycles. The molecule has 1 atom stereocenters. The second-order valence-corrected chi connectivity index (χ2v) is 5.42. The lowest BCUT2D eigenvalue weighted by Crippen LogP contribution is -2.27. The van der Waals surface area contributed by atoms with Gasteiger partial charge in [-0.2, -0.15) is 0 Å². The zero-order chi connectivity index (χ0) is 13.1. The third-order valence-electron chi connectivity index (χ3n) is 2.61. The van der Waals surface area contributed by atoms with Crippen molar-refractivity contribution in [3.05, 3.63) is 33.5 Å². The van der Waals surface area contributed by atoms with E-state index in [1.807, 2.05) is 32.9 Å². The Hall–Kier alpha value is -1.69. The van der Waals surface area contributed by atoms with Gasteiger partial charge in [0.15, 0.2) is 0 Å². The van der Waals surface area contributed by atoms with E-state index >= 15 is 0 Å². The molecule has 0 radical (unpaired) electrons. The molecule has 2 aromatic heterocycles. The van der Waals surface area contributed by atoms with E-state index in [-0.39, 0.29) is 17.8 Å². The van der Waals surface area contributed by atoms with Gasteiger partial charge >= 0.3 is 0 Å². The quantitative estimate of drug-likeness (QED) is 0.889. The first-order valence-electron chi connectivity index (χ1n) is 5.88. The van der Waals surface area contributed by atoms with Crippen LogP contribution in [0.4, 0.5) is 0 Å². The van der Waals surface area contributed by atoms with Gasteiger partial charge in [0.2, 0.25) is 5.82 Å². The average molecular weight is 264 g/mol. The molecular formula is C12H16N4OS. The highest BCUT2D eigenvalue weighted by Crippen LogP contribution is 2.22. The maximum absolute atomic E-state index is 11.9. The SMILES string of the molecule is CCc1nc(C(=O)NC(C)c2ccc(C)s2)n[nH]1. The molecule has 2 aromatic rings. The summed E-state index contributed by atoms with van der Waals surface area (Å²) in [4.78, 5) is 18.4. The number of aromatic nitrogens is 3. The molecule has 0 aliphatic carbocycles. The Kier molecular flexibility index (Phi) is 3.76. The molecule has 0 spiro atoms. The molecule has 0 saturated heterocycles. The van der Waals surface area contributed by atoms with E-state index in [0.29, 0.717) is 0 Å². The molecule has 0 bridgehead atoms. The van der Waals surface area contributed by atoms with Crippen molar-refractivity contribution in [2.24, 2.45) is 0 Å². The van der Waals surface area contributed by atoms with Crippen molar-refractivity contribution < 1.29 is 4.79 Å². The molecule has 6 heteroatoms. The first-order valence-corrected chi connectivity index (χ1v) is 6.70. The van der Waals surface area contributed by atoms with Gasteiger partial charge in [-0.1, -0.05) is 6.92 Å². The van der Waals surface area contributed by atoms with Crippen LogP contribution in [0.15, 0.2) is 12.1 Å². The molecule has 1 amide bonds. The number of nitrogens with zero attached hydrogens (tertiary/aromatic N) is 2. The minimum absolute atomic E-state index is 0.0280. The Morgan fingerprint density at radius 3 is 2.89 bits per heavy atom. The summed E-state index contributed by atoms with van der Waals surface area (Å²) in [7, 11) is 0. The minimum atomic E-state index is -0.246.